The summed E-state index contributed by atoms with van der Waals surface area (Å²) < 4.78 is 27.5. The molecular weight excluding hydrogens is 685 g/mol. The zero-order valence-corrected chi connectivity index (χ0v) is 28.6. The van der Waals surface area contributed by atoms with E-state index in [-0.39, 0.29) is 47.5 Å². The number of piperidine rings is 2. The van der Waals surface area contributed by atoms with E-state index in [2.05, 4.69) is 25.7 Å². The van der Waals surface area contributed by atoms with Crippen LogP contribution >= 0.6 is 0 Å². The normalized spacial score (nSPS) is 21.2. The summed E-state index contributed by atoms with van der Waals surface area (Å²) in [5.74, 6) is 3.49. The maximum absolute atomic E-state index is 15.4. The average molecular weight is 722 g/mol. The van der Waals surface area contributed by atoms with Crippen molar-refractivity contribution < 1.29 is 32.8 Å². The van der Waals surface area contributed by atoms with Crippen molar-refractivity contribution in [1.82, 2.24) is 20.3 Å². The molecule has 2 unspecified atom stereocenters. The fourth-order valence-corrected chi connectivity index (χ4v) is 7.81. The first-order valence-corrected chi connectivity index (χ1v) is 17.6. The first-order chi connectivity index (χ1) is 25.7. The number of hydrogen-bond donors (Lipinski definition) is 3. The minimum Gasteiger partial charge on any atom is -0.490 e. The van der Waals surface area contributed by atoms with Crippen LogP contribution in [0.1, 0.15) is 58.4 Å². The monoisotopic (exact) mass is 721 g/mol. The standard InChI is InChI=1S/C37H36FN9O6/c38-28-16-25-26(37(51)47(36(25)50)30-6-7-32(48)41-35(30)49)17-31(28)46-13-8-20(19-46)18-45-11-9-23(10-12-45)52-24-3-1-2-21(14-24)33-27-15-22(34(39)42-44-40)4-5-29(27)43-53-33/h1-5,14-17,20,23,30H,6-13,18-19H2,(H3,39,40,42)(H,41,48,49). The second-order valence-corrected chi connectivity index (χ2v) is 13.9. The Morgan fingerprint density at radius 2 is 1.79 bits per heavy atom. The number of benzene rings is 3. The van der Waals surface area contributed by atoms with Gasteiger partial charge in [0.1, 0.15) is 29.2 Å². The van der Waals surface area contributed by atoms with E-state index in [0.717, 1.165) is 66.6 Å². The van der Waals surface area contributed by atoms with Crippen molar-refractivity contribution in [3.05, 3.63) is 77.1 Å². The number of halogens is 1. The van der Waals surface area contributed by atoms with E-state index in [1.54, 1.807) is 18.2 Å². The van der Waals surface area contributed by atoms with Crippen LogP contribution in [0.15, 0.2) is 69.5 Å². The summed E-state index contributed by atoms with van der Waals surface area (Å²) in [4.78, 5) is 55.6. The van der Waals surface area contributed by atoms with Crippen LogP contribution in [-0.2, 0) is 9.59 Å². The number of anilines is 1. The highest BCUT2D eigenvalue weighted by Gasteiger charge is 2.45. The molecule has 53 heavy (non-hydrogen) atoms. The smallest absolute Gasteiger partial charge is 0.262 e. The van der Waals surface area contributed by atoms with Gasteiger partial charge in [0.05, 0.1) is 22.2 Å². The molecule has 1 aromatic heterocycles. The molecule has 15 nitrogen and oxygen atoms in total. The molecule has 3 saturated heterocycles. The molecular formula is C37H36FN9O6. The van der Waals surface area contributed by atoms with Gasteiger partial charge in [0, 0.05) is 50.3 Å². The fraction of sp³-hybridized carbons (Fsp3) is 0.351. The molecule has 4 aromatic rings. The van der Waals surface area contributed by atoms with E-state index in [9.17, 15) is 19.2 Å². The number of imide groups is 2. The van der Waals surface area contributed by atoms with Gasteiger partial charge in [-0.1, -0.05) is 22.5 Å². The lowest BCUT2D eigenvalue weighted by atomic mass is 10.0. The van der Waals surface area contributed by atoms with E-state index < -0.39 is 35.5 Å². The molecule has 4 N–H and O–H groups in total. The van der Waals surface area contributed by atoms with Gasteiger partial charge in [0.25, 0.3) is 11.8 Å². The van der Waals surface area contributed by atoms with Crippen LogP contribution in [0.3, 0.4) is 0 Å². The Balaban J connectivity index is 0.862. The maximum Gasteiger partial charge on any atom is 0.262 e. The van der Waals surface area contributed by atoms with Crippen molar-refractivity contribution in [2.45, 2.75) is 44.2 Å². The van der Waals surface area contributed by atoms with Gasteiger partial charge < -0.3 is 24.9 Å². The first-order valence-electron chi connectivity index (χ1n) is 17.6. The lowest BCUT2D eigenvalue weighted by Crippen LogP contribution is -2.54. The quantitative estimate of drug-likeness (QED) is 0.0595. The molecule has 0 radical (unpaired) electrons. The molecule has 0 bridgehead atoms. The van der Waals surface area contributed by atoms with E-state index in [1.165, 1.54) is 6.07 Å². The number of fused-ring (bicyclic) bond motifs is 2. The highest BCUT2D eigenvalue weighted by Crippen LogP contribution is 2.36. The van der Waals surface area contributed by atoms with E-state index in [1.807, 2.05) is 29.2 Å². The van der Waals surface area contributed by atoms with Crippen LogP contribution in [-0.4, -0.2) is 89.3 Å². The molecule has 8 rings (SSSR count). The number of carbonyl (C=O) groups is 4. The zero-order valence-electron chi connectivity index (χ0n) is 28.6. The summed E-state index contributed by atoms with van der Waals surface area (Å²) in [5, 5.41) is 21.9. The molecule has 5 heterocycles. The van der Waals surface area contributed by atoms with Crippen LogP contribution in [0.5, 0.6) is 5.75 Å². The summed E-state index contributed by atoms with van der Waals surface area (Å²) >= 11 is 0. The van der Waals surface area contributed by atoms with Crippen molar-refractivity contribution >= 4 is 46.1 Å². The predicted octanol–water partition coefficient (Wildman–Crippen LogP) is 4.06. The maximum atomic E-state index is 15.4. The number of amidine groups is 1. The fourth-order valence-electron chi connectivity index (χ4n) is 7.81. The van der Waals surface area contributed by atoms with Crippen molar-refractivity contribution in [3.8, 4) is 17.1 Å². The predicted molar refractivity (Wildman–Crippen MR) is 189 cm³/mol. The molecule has 4 aliphatic heterocycles. The van der Waals surface area contributed by atoms with E-state index >= 15 is 4.39 Å². The van der Waals surface area contributed by atoms with Gasteiger partial charge in [-0.3, -0.25) is 34.8 Å². The molecule has 272 valence electrons. The number of carbonyl (C=O) groups excluding carboxylic acids is 4. The van der Waals surface area contributed by atoms with Crippen molar-refractivity contribution in [1.29, 1.82) is 5.41 Å². The highest BCUT2D eigenvalue weighted by atomic mass is 19.1. The third-order valence-corrected chi connectivity index (χ3v) is 10.5. The molecule has 2 atom stereocenters. The number of ether oxygens (including phenoxy) is 1. The summed E-state index contributed by atoms with van der Waals surface area (Å²) in [6.07, 6.45) is 2.62. The lowest BCUT2D eigenvalue weighted by molar-refractivity contribution is -0.136. The number of aromatic nitrogens is 1. The zero-order chi connectivity index (χ0) is 36.8. The Bertz CT molecular complexity index is 2200. The van der Waals surface area contributed by atoms with Gasteiger partial charge in [-0.2, -0.15) is 0 Å². The average Bonchev–Trinajstić information content (AvgIpc) is 3.85. The van der Waals surface area contributed by atoms with Crippen LogP contribution in [0.25, 0.3) is 22.2 Å². The summed E-state index contributed by atoms with van der Waals surface area (Å²) in [7, 11) is 0. The van der Waals surface area contributed by atoms with Crippen molar-refractivity contribution in [2.75, 3.05) is 37.6 Å². The largest absolute Gasteiger partial charge is 0.490 e. The summed E-state index contributed by atoms with van der Waals surface area (Å²) in [5.41, 5.74) is 2.24. The molecule has 3 fully saturated rings. The number of rotatable bonds is 8. The summed E-state index contributed by atoms with van der Waals surface area (Å²) in [6.45, 7) is 3.76. The van der Waals surface area contributed by atoms with Crippen LogP contribution in [0.4, 0.5) is 10.1 Å². The van der Waals surface area contributed by atoms with Gasteiger partial charge in [0.2, 0.25) is 11.8 Å². The number of amides is 4. The van der Waals surface area contributed by atoms with E-state index in [4.69, 9.17) is 20.5 Å². The van der Waals surface area contributed by atoms with Gasteiger partial charge in [-0.05, 0) is 74.1 Å². The van der Waals surface area contributed by atoms with Crippen molar-refractivity contribution in [3.63, 3.8) is 0 Å². The highest BCUT2D eigenvalue weighted by molar-refractivity contribution is 6.23. The van der Waals surface area contributed by atoms with Crippen molar-refractivity contribution in [2.24, 2.45) is 22.1 Å². The Labute approximate surface area is 302 Å². The number of nitrogens with two attached hydrogens (primary N) is 1. The molecule has 0 spiro atoms. The molecule has 3 aromatic carbocycles. The topological polar surface area (TPSA) is 200 Å². The van der Waals surface area contributed by atoms with Gasteiger partial charge in [-0.25, -0.2) is 4.39 Å². The van der Waals surface area contributed by atoms with E-state index in [0.29, 0.717) is 29.9 Å². The van der Waals surface area contributed by atoms with Crippen LogP contribution in [0.2, 0.25) is 0 Å². The molecule has 16 heteroatoms. The molecule has 4 aliphatic rings. The van der Waals surface area contributed by atoms with Crippen LogP contribution in [0, 0.1) is 17.1 Å². The van der Waals surface area contributed by atoms with Gasteiger partial charge >= 0.3 is 0 Å². The second kappa shape index (κ2) is 13.8. The van der Waals surface area contributed by atoms with Gasteiger partial charge in [-0.15, -0.1) is 5.11 Å². The number of nitrogens with zero attached hydrogens (tertiary/aromatic N) is 6. The molecule has 0 aliphatic carbocycles. The summed E-state index contributed by atoms with van der Waals surface area (Å²) in [6, 6.07) is 14.3. The SMILES string of the molecule is N=C(N=NN)c1ccc2noc(-c3cccc(OC4CCN(CC5CCN(c6cc7c(cc6F)C(=O)N(C6CCC(=O)NC6=O)C7=O)C5)CC4)c3)c2c1. The molecule has 4 amide bonds. The van der Waals surface area contributed by atoms with Gasteiger partial charge in [0.15, 0.2) is 11.6 Å². The Hall–Kier alpha value is -6.03. The minimum atomic E-state index is -1.10. The Kier molecular flexibility index (Phi) is 8.90. The number of nitrogens with one attached hydrogen (secondary N) is 2. The second-order valence-electron chi connectivity index (χ2n) is 13.9. The number of hydrogen-bond acceptors (Lipinski definition) is 11. The molecule has 0 saturated carbocycles. The lowest BCUT2D eigenvalue weighted by Gasteiger charge is -2.33. The number of likely N-dealkylation sites (tertiary alicyclic amines) is 1. The third kappa shape index (κ3) is 6.50. The third-order valence-electron chi connectivity index (χ3n) is 10.5. The minimum absolute atomic E-state index is 0.0150. The van der Waals surface area contributed by atoms with Crippen LogP contribution < -0.4 is 20.8 Å². The Morgan fingerprint density at radius 3 is 2.57 bits per heavy atom. The first kappa shape index (κ1) is 34.1. The Morgan fingerprint density at radius 1 is 1.00 bits per heavy atom.